The topological polar surface area (TPSA) is 11.4 Å². The van der Waals surface area contributed by atoms with Gasteiger partial charge in [-0.1, -0.05) is 121 Å². The fourth-order valence-corrected chi connectivity index (χ4v) is 11.8. The first-order valence-electron chi connectivity index (χ1n) is 21.3. The van der Waals surface area contributed by atoms with Gasteiger partial charge >= 0.3 is 0 Å². The Morgan fingerprint density at radius 2 is 0.966 bits per heavy atom. The molecule has 59 heavy (non-hydrogen) atoms. The zero-order valence-corrected chi connectivity index (χ0v) is 33.3. The monoisotopic (exact) mass is 759 g/mol. The van der Waals surface area contributed by atoms with Crippen molar-refractivity contribution in [3.8, 4) is 5.69 Å². The number of rotatable bonds is 7. The smallest absolute Gasteiger partial charge is 0.0561 e. The molecule has 3 heteroatoms. The lowest BCUT2D eigenvalue weighted by Crippen LogP contribution is -2.34. The van der Waals surface area contributed by atoms with Crippen molar-refractivity contribution >= 4 is 55.9 Å². The minimum atomic E-state index is -0.121. The van der Waals surface area contributed by atoms with Crippen molar-refractivity contribution in [2.45, 2.75) is 38.0 Å². The summed E-state index contributed by atoms with van der Waals surface area (Å²) < 4.78 is 2.44. The number of fused-ring (bicyclic) bond motifs is 5. The number of aryl methyl sites for hydroxylation is 1. The fourth-order valence-electron chi connectivity index (χ4n) is 11.8. The summed E-state index contributed by atoms with van der Waals surface area (Å²) in [7, 11) is 0. The van der Waals surface area contributed by atoms with E-state index in [0.717, 1.165) is 12.8 Å². The highest BCUT2D eigenvalue weighted by molar-refractivity contribution is 6.10. The predicted molar refractivity (Wildman–Crippen MR) is 246 cm³/mol. The summed E-state index contributed by atoms with van der Waals surface area (Å²) in [6.07, 6.45) is 4.71. The van der Waals surface area contributed by atoms with Crippen LogP contribution in [0, 0.1) is 18.8 Å². The molecule has 1 saturated carbocycles. The molecule has 0 aliphatic heterocycles. The Morgan fingerprint density at radius 1 is 0.441 bits per heavy atom. The van der Waals surface area contributed by atoms with Crippen molar-refractivity contribution < 1.29 is 0 Å². The molecule has 0 saturated heterocycles. The average molecular weight is 760 g/mol. The highest BCUT2D eigenvalue weighted by Gasteiger charge is 2.62. The Morgan fingerprint density at radius 3 is 1.63 bits per heavy atom. The summed E-state index contributed by atoms with van der Waals surface area (Å²) >= 11 is 0. The van der Waals surface area contributed by atoms with E-state index in [1.54, 1.807) is 5.56 Å². The number of anilines is 6. The van der Waals surface area contributed by atoms with Gasteiger partial charge < -0.3 is 14.4 Å². The first-order chi connectivity index (χ1) is 29.2. The maximum Gasteiger partial charge on any atom is 0.0561 e. The third kappa shape index (κ3) is 5.01. The molecule has 1 aromatic heterocycles. The molecule has 0 radical (unpaired) electrons. The van der Waals surface area contributed by atoms with Gasteiger partial charge in [0.1, 0.15) is 0 Å². The van der Waals surface area contributed by atoms with E-state index in [2.05, 4.69) is 215 Å². The molecule has 1 heterocycles. The van der Waals surface area contributed by atoms with Crippen LogP contribution in [0.5, 0.6) is 0 Å². The molecule has 3 unspecified atom stereocenters. The number of hydrogen-bond acceptors (Lipinski definition) is 2. The number of hydrogen-bond donors (Lipinski definition) is 0. The van der Waals surface area contributed by atoms with Gasteiger partial charge in [0.25, 0.3) is 0 Å². The molecule has 3 aliphatic carbocycles. The van der Waals surface area contributed by atoms with Crippen LogP contribution >= 0.6 is 0 Å². The van der Waals surface area contributed by atoms with E-state index in [1.165, 1.54) is 96.7 Å². The van der Waals surface area contributed by atoms with Crippen LogP contribution in [0.3, 0.4) is 0 Å². The minimum absolute atomic E-state index is 0.121. The van der Waals surface area contributed by atoms with E-state index >= 15 is 0 Å². The van der Waals surface area contributed by atoms with Gasteiger partial charge in [-0.25, -0.2) is 0 Å². The van der Waals surface area contributed by atoms with Gasteiger partial charge in [-0.05, 0) is 145 Å². The van der Waals surface area contributed by atoms with Gasteiger partial charge in [-0.2, -0.15) is 0 Å². The zero-order chi connectivity index (χ0) is 39.1. The molecule has 3 aliphatic rings. The van der Waals surface area contributed by atoms with Crippen LogP contribution in [0.1, 0.15) is 40.7 Å². The van der Waals surface area contributed by atoms with Crippen LogP contribution < -0.4 is 9.80 Å². The van der Waals surface area contributed by atoms with Crippen molar-refractivity contribution in [3.63, 3.8) is 0 Å². The summed E-state index contributed by atoms with van der Waals surface area (Å²) in [4.78, 5) is 5.14. The molecule has 0 amide bonds. The number of para-hydroxylation sites is 5. The van der Waals surface area contributed by atoms with E-state index in [9.17, 15) is 0 Å². The molecule has 9 aromatic rings. The second-order valence-electron chi connectivity index (χ2n) is 16.9. The second-order valence-corrected chi connectivity index (χ2v) is 16.9. The van der Waals surface area contributed by atoms with Crippen molar-refractivity contribution in [1.82, 2.24) is 4.57 Å². The quantitative estimate of drug-likeness (QED) is 0.160. The summed E-state index contributed by atoms with van der Waals surface area (Å²) in [5, 5.41) is 2.53. The molecule has 8 aromatic carbocycles. The van der Waals surface area contributed by atoms with Crippen LogP contribution in [0.4, 0.5) is 34.1 Å². The lowest BCUT2D eigenvalue weighted by molar-refractivity contribution is 0.350. The van der Waals surface area contributed by atoms with Crippen molar-refractivity contribution in [3.05, 3.63) is 222 Å². The summed E-state index contributed by atoms with van der Waals surface area (Å²) in [6, 6.07) is 72.2. The number of nitrogens with zero attached hydrogens (tertiary/aromatic N) is 3. The predicted octanol–water partition coefficient (Wildman–Crippen LogP) is 14.5. The Balaban J connectivity index is 1.12. The van der Waals surface area contributed by atoms with E-state index in [1.807, 2.05) is 0 Å². The molecular formula is C56H45N3. The highest BCUT2D eigenvalue weighted by atomic mass is 15.2. The Hall–Kier alpha value is -6.84. The van der Waals surface area contributed by atoms with E-state index in [4.69, 9.17) is 0 Å². The van der Waals surface area contributed by atoms with Gasteiger partial charge in [0, 0.05) is 44.6 Å². The number of benzene rings is 8. The summed E-state index contributed by atoms with van der Waals surface area (Å²) in [5.41, 5.74) is 18.2. The Kier molecular flexibility index (Phi) is 7.75. The van der Waals surface area contributed by atoms with E-state index in [0.29, 0.717) is 11.8 Å². The lowest BCUT2D eigenvalue weighted by atomic mass is 9.68. The largest absolute Gasteiger partial charge is 0.310 e. The molecule has 1 fully saturated rings. The molecule has 12 rings (SSSR count). The SMILES string of the molecule is Cc1ccccc1N(c1ccccc1)c1cccc2c1C13c4c(cccc4N(c4ccccc4)c4ccc5c6ccccc6n(-c6ccccc6)c5c4)CC1CCC3C2. The first kappa shape index (κ1) is 34.2. The molecule has 0 bridgehead atoms. The summed E-state index contributed by atoms with van der Waals surface area (Å²) in [6.45, 7) is 2.25. The Bertz CT molecular complexity index is 3030. The normalized spacial score (nSPS) is 18.7. The van der Waals surface area contributed by atoms with Gasteiger partial charge in [-0.15, -0.1) is 0 Å². The van der Waals surface area contributed by atoms with Crippen LogP contribution in [-0.4, -0.2) is 4.57 Å². The van der Waals surface area contributed by atoms with Crippen LogP contribution in [0.25, 0.3) is 27.5 Å². The average Bonchev–Trinajstić information content (AvgIpc) is 4.01. The van der Waals surface area contributed by atoms with Crippen LogP contribution in [0.15, 0.2) is 194 Å². The van der Waals surface area contributed by atoms with Gasteiger partial charge in [0.05, 0.1) is 22.4 Å². The van der Waals surface area contributed by atoms with Gasteiger partial charge in [-0.3, -0.25) is 0 Å². The van der Waals surface area contributed by atoms with Crippen LogP contribution in [-0.2, 0) is 18.3 Å². The van der Waals surface area contributed by atoms with Crippen LogP contribution in [0.2, 0.25) is 0 Å². The highest BCUT2D eigenvalue weighted by Crippen LogP contribution is 2.69. The standard InChI is InChI=1S/C56H45N3/c1-38-17-11-13-27-49(38)58(44-22-7-3-8-23-44)52-30-16-19-40-36-42-32-31-41-35-39-18-15-29-51(54(39)56(41,42)55(40)52)57(43-20-5-2-6-21-43)46-33-34-48-47-26-12-14-28-50(47)59(53(48)37-46)45-24-9-4-10-25-45/h2-30,33-34,37,41-42H,31-32,35-36H2,1H3. The summed E-state index contributed by atoms with van der Waals surface area (Å²) in [5.74, 6) is 1.06. The molecule has 1 spiro atoms. The third-order valence-electron chi connectivity index (χ3n) is 14.0. The van der Waals surface area contributed by atoms with E-state index in [-0.39, 0.29) is 5.41 Å². The molecule has 0 N–H and O–H groups in total. The minimum Gasteiger partial charge on any atom is -0.310 e. The van der Waals surface area contributed by atoms with Crippen molar-refractivity contribution in [1.29, 1.82) is 0 Å². The maximum atomic E-state index is 2.58. The molecular weight excluding hydrogens is 715 g/mol. The second kappa shape index (κ2) is 13.4. The Labute approximate surface area is 346 Å². The number of aromatic nitrogens is 1. The lowest BCUT2D eigenvalue weighted by Gasteiger charge is -2.40. The van der Waals surface area contributed by atoms with Gasteiger partial charge in [0.2, 0.25) is 0 Å². The van der Waals surface area contributed by atoms with Crippen molar-refractivity contribution in [2.75, 3.05) is 9.80 Å². The third-order valence-corrected chi connectivity index (χ3v) is 14.0. The van der Waals surface area contributed by atoms with Gasteiger partial charge in [0.15, 0.2) is 0 Å². The maximum absolute atomic E-state index is 2.58. The molecule has 3 nitrogen and oxygen atoms in total. The van der Waals surface area contributed by atoms with E-state index < -0.39 is 0 Å². The fraction of sp³-hybridized carbons (Fsp3) is 0.143. The molecule has 284 valence electrons. The first-order valence-corrected chi connectivity index (χ1v) is 21.3. The van der Waals surface area contributed by atoms with Crippen molar-refractivity contribution in [2.24, 2.45) is 11.8 Å². The molecule has 3 atom stereocenters. The zero-order valence-electron chi connectivity index (χ0n) is 33.3.